The average Bonchev–Trinajstić information content (AvgIpc) is 3.66. The zero-order chi connectivity index (χ0) is 33.7. The van der Waals surface area contributed by atoms with Crippen molar-refractivity contribution in [1.29, 1.82) is 0 Å². The molecule has 3 aromatic carbocycles. The molecular weight excluding hydrogens is 634 g/mol. The van der Waals surface area contributed by atoms with Crippen molar-refractivity contribution in [2.75, 3.05) is 24.5 Å². The van der Waals surface area contributed by atoms with Crippen LogP contribution in [-0.4, -0.2) is 42.4 Å². The van der Waals surface area contributed by atoms with Gasteiger partial charge < -0.3 is 19.5 Å². The zero-order valence-electron chi connectivity index (χ0n) is 28.0. The number of carbonyl (C=O) groups excluding carboxylic acids is 2. The Morgan fingerprint density at radius 2 is 1.67 bits per heavy atom. The van der Waals surface area contributed by atoms with Crippen LogP contribution in [0.1, 0.15) is 91.0 Å². The number of nitrogens with zero attached hydrogens (tertiary/aromatic N) is 2. The van der Waals surface area contributed by atoms with E-state index in [1.165, 1.54) is 41.3 Å². The first-order chi connectivity index (χ1) is 23.9. The molecule has 4 aromatic rings. The number of halogens is 1. The van der Waals surface area contributed by atoms with Gasteiger partial charge >= 0.3 is 0 Å². The van der Waals surface area contributed by atoms with Gasteiger partial charge in [-0.1, -0.05) is 72.5 Å². The van der Waals surface area contributed by atoms with Crippen molar-refractivity contribution >= 4 is 40.1 Å². The smallest absolute Gasteiger partial charge is 0.287 e. The number of para-hydroxylation sites is 1. The van der Waals surface area contributed by atoms with Crippen molar-refractivity contribution < 1.29 is 14.0 Å². The molecule has 1 saturated carbocycles. The SMILES string of the molecule is O=C(N[C@H](C=C1CCN(c2ccccc2CN2CCCCC2=O)CC1)Cc1ccc(Cl)cc1)c1cc(=O)c2cc(C3CCCC3)ccc2o1. The van der Waals surface area contributed by atoms with Crippen LogP contribution >= 0.6 is 11.6 Å². The number of likely N-dealkylation sites (tertiary alicyclic amines) is 1. The van der Waals surface area contributed by atoms with Crippen molar-refractivity contribution in [3.63, 3.8) is 0 Å². The molecule has 2 aliphatic heterocycles. The van der Waals surface area contributed by atoms with Crippen LogP contribution in [0.15, 0.2) is 93.7 Å². The van der Waals surface area contributed by atoms with Crippen LogP contribution in [0, 0.1) is 0 Å². The number of anilines is 1. The lowest BCUT2D eigenvalue weighted by molar-refractivity contribution is -0.133. The maximum Gasteiger partial charge on any atom is 0.287 e. The molecule has 49 heavy (non-hydrogen) atoms. The van der Waals surface area contributed by atoms with Gasteiger partial charge in [0.15, 0.2) is 11.2 Å². The van der Waals surface area contributed by atoms with Gasteiger partial charge in [-0.3, -0.25) is 14.4 Å². The Labute approximate surface area is 292 Å². The summed E-state index contributed by atoms with van der Waals surface area (Å²) in [4.78, 5) is 43.8. The lowest BCUT2D eigenvalue weighted by atomic mass is 9.96. The molecule has 2 saturated heterocycles. The first kappa shape index (κ1) is 33.2. The van der Waals surface area contributed by atoms with Crippen LogP contribution in [0.2, 0.25) is 5.02 Å². The average molecular weight is 678 g/mol. The van der Waals surface area contributed by atoms with Gasteiger partial charge in [0.1, 0.15) is 5.58 Å². The number of amides is 2. The molecule has 254 valence electrons. The minimum Gasteiger partial charge on any atom is -0.451 e. The highest BCUT2D eigenvalue weighted by Gasteiger charge is 2.24. The quantitative estimate of drug-likeness (QED) is 0.181. The maximum atomic E-state index is 13.6. The highest BCUT2D eigenvalue weighted by atomic mass is 35.5. The predicted octanol–water partition coefficient (Wildman–Crippen LogP) is 8.18. The van der Waals surface area contributed by atoms with Gasteiger partial charge in [0.2, 0.25) is 5.91 Å². The number of benzene rings is 3. The number of hydrogen-bond acceptors (Lipinski definition) is 5. The van der Waals surface area contributed by atoms with E-state index in [0.29, 0.717) is 41.3 Å². The molecule has 3 fully saturated rings. The summed E-state index contributed by atoms with van der Waals surface area (Å²) in [7, 11) is 0. The third-order valence-electron chi connectivity index (χ3n) is 10.4. The summed E-state index contributed by atoms with van der Waals surface area (Å²) >= 11 is 6.17. The van der Waals surface area contributed by atoms with Gasteiger partial charge in [-0.05, 0) is 97.9 Å². The zero-order valence-corrected chi connectivity index (χ0v) is 28.7. The lowest BCUT2D eigenvalue weighted by Crippen LogP contribution is -2.37. The molecule has 3 aliphatic rings. The lowest BCUT2D eigenvalue weighted by Gasteiger charge is -2.34. The summed E-state index contributed by atoms with van der Waals surface area (Å²) in [6, 6.07) is 22.9. The number of carbonyl (C=O) groups is 2. The van der Waals surface area contributed by atoms with Crippen molar-refractivity contribution in [3.05, 3.63) is 122 Å². The van der Waals surface area contributed by atoms with E-state index >= 15 is 0 Å². The third kappa shape index (κ3) is 7.94. The summed E-state index contributed by atoms with van der Waals surface area (Å²) in [5, 5.41) is 4.35. The van der Waals surface area contributed by atoms with E-state index in [1.54, 1.807) is 0 Å². The van der Waals surface area contributed by atoms with Crippen molar-refractivity contribution in [1.82, 2.24) is 10.2 Å². The molecule has 0 spiro atoms. The molecule has 7 rings (SSSR count). The summed E-state index contributed by atoms with van der Waals surface area (Å²) in [6.45, 7) is 3.17. The van der Waals surface area contributed by atoms with Gasteiger partial charge in [-0.2, -0.15) is 0 Å². The largest absolute Gasteiger partial charge is 0.451 e. The van der Waals surface area contributed by atoms with Gasteiger partial charge in [0.25, 0.3) is 5.91 Å². The monoisotopic (exact) mass is 677 g/mol. The Bertz CT molecular complexity index is 1900. The first-order valence-corrected chi connectivity index (χ1v) is 18.2. The van der Waals surface area contributed by atoms with E-state index in [4.69, 9.17) is 16.0 Å². The van der Waals surface area contributed by atoms with E-state index in [0.717, 1.165) is 63.7 Å². The first-order valence-electron chi connectivity index (χ1n) is 17.8. The summed E-state index contributed by atoms with van der Waals surface area (Å²) in [6.07, 6.45) is 11.9. The van der Waals surface area contributed by atoms with E-state index in [-0.39, 0.29) is 23.1 Å². The Kier molecular flexibility index (Phi) is 10.2. The highest BCUT2D eigenvalue weighted by molar-refractivity contribution is 6.30. The molecule has 0 bridgehead atoms. The molecule has 1 atom stereocenters. The molecule has 1 aromatic heterocycles. The van der Waals surface area contributed by atoms with Crippen LogP contribution in [0.4, 0.5) is 5.69 Å². The third-order valence-corrected chi connectivity index (χ3v) is 10.7. The predicted molar refractivity (Wildman–Crippen MR) is 195 cm³/mol. The molecule has 7 nitrogen and oxygen atoms in total. The molecule has 1 aliphatic carbocycles. The molecular formula is C41H44ClN3O4. The van der Waals surface area contributed by atoms with Gasteiger partial charge in [-0.25, -0.2) is 0 Å². The number of rotatable bonds is 9. The molecule has 2 amide bonds. The second-order valence-corrected chi connectivity index (χ2v) is 14.3. The van der Waals surface area contributed by atoms with Crippen molar-refractivity contribution in [2.45, 2.75) is 82.7 Å². The number of hydrogen-bond donors (Lipinski definition) is 1. The second kappa shape index (κ2) is 15.0. The van der Waals surface area contributed by atoms with Crippen LogP contribution in [0.25, 0.3) is 11.0 Å². The Morgan fingerprint density at radius 1 is 0.898 bits per heavy atom. The summed E-state index contributed by atoms with van der Waals surface area (Å²) < 4.78 is 6.03. The standard InChI is InChI=1S/C41H44ClN3O4/c42-33-15-12-28(13-16-33)23-34(43-41(48)39-26-37(46)35-25-31(14-17-38(35)49-39)30-7-1-2-8-30)24-29-18-21-44(22-19-29)36-10-4-3-9-32(36)27-45-20-6-5-11-40(45)47/h3-4,9-10,12-17,24-26,30,34H,1-2,5-8,11,18-23,27H2,(H,43,48)/t34-/m0/s1. The van der Waals surface area contributed by atoms with E-state index in [9.17, 15) is 14.4 Å². The van der Waals surface area contributed by atoms with E-state index in [1.807, 2.05) is 47.4 Å². The van der Waals surface area contributed by atoms with Gasteiger partial charge in [-0.15, -0.1) is 0 Å². The Morgan fingerprint density at radius 3 is 2.45 bits per heavy atom. The second-order valence-electron chi connectivity index (χ2n) is 13.8. The fraction of sp³-hybridized carbons (Fsp3) is 0.390. The molecule has 1 N–H and O–H groups in total. The van der Waals surface area contributed by atoms with Gasteiger partial charge in [0, 0.05) is 49.4 Å². The van der Waals surface area contributed by atoms with Gasteiger partial charge in [0.05, 0.1) is 11.4 Å². The van der Waals surface area contributed by atoms with E-state index < -0.39 is 5.91 Å². The van der Waals surface area contributed by atoms with Crippen LogP contribution in [-0.2, 0) is 17.8 Å². The van der Waals surface area contributed by atoms with Crippen LogP contribution in [0.5, 0.6) is 0 Å². The normalized spacial score (nSPS) is 17.8. The molecule has 0 unspecified atom stereocenters. The topological polar surface area (TPSA) is 82.9 Å². The Balaban J connectivity index is 1.07. The number of nitrogens with one attached hydrogen (secondary N) is 1. The maximum absolute atomic E-state index is 13.6. The highest BCUT2D eigenvalue weighted by Crippen LogP contribution is 2.35. The number of piperidine rings is 2. The summed E-state index contributed by atoms with van der Waals surface area (Å²) in [5.74, 6) is 0.341. The fourth-order valence-electron chi connectivity index (χ4n) is 7.74. The van der Waals surface area contributed by atoms with E-state index in [2.05, 4.69) is 40.6 Å². The molecule has 8 heteroatoms. The van der Waals surface area contributed by atoms with Crippen LogP contribution in [0.3, 0.4) is 0 Å². The Hall–Kier alpha value is -4.36. The summed E-state index contributed by atoms with van der Waals surface area (Å²) in [5.41, 5.74) is 6.11. The van der Waals surface area contributed by atoms with Crippen LogP contribution < -0.4 is 15.6 Å². The van der Waals surface area contributed by atoms with Crippen molar-refractivity contribution in [2.24, 2.45) is 0 Å². The number of fused-ring (bicyclic) bond motifs is 1. The van der Waals surface area contributed by atoms with Crippen molar-refractivity contribution in [3.8, 4) is 0 Å². The molecule has 3 heterocycles. The minimum atomic E-state index is -0.409. The fourth-order valence-corrected chi connectivity index (χ4v) is 7.86. The molecule has 0 radical (unpaired) electrons. The minimum absolute atomic E-state index is 0.0178.